The predicted octanol–water partition coefficient (Wildman–Crippen LogP) is 5.09. The molecule has 0 aliphatic heterocycles. The van der Waals surface area contributed by atoms with E-state index in [0.29, 0.717) is 5.92 Å². The number of aliphatic hydroxyl groups is 2. The van der Waals surface area contributed by atoms with E-state index >= 15 is 0 Å². The van der Waals surface area contributed by atoms with Crippen LogP contribution < -0.4 is 0 Å². The summed E-state index contributed by atoms with van der Waals surface area (Å²) in [7, 11) is 2.06. The number of carboxylic acids is 1. The topological polar surface area (TPSA) is 113 Å². The molecule has 0 spiro atoms. The average molecular weight is 525 g/mol. The van der Waals surface area contributed by atoms with Crippen molar-refractivity contribution in [2.45, 2.75) is 97.2 Å². The number of benzene rings is 1. The lowest BCUT2D eigenvalue weighted by molar-refractivity contribution is -0.147. The molecule has 0 saturated heterocycles. The Morgan fingerprint density at radius 3 is 2.53 bits per heavy atom. The van der Waals surface area contributed by atoms with Crippen LogP contribution in [0, 0.1) is 30.1 Å². The molecule has 38 heavy (non-hydrogen) atoms. The first-order valence-corrected chi connectivity index (χ1v) is 14.0. The van der Waals surface area contributed by atoms with Crippen LogP contribution in [-0.4, -0.2) is 48.8 Å². The van der Waals surface area contributed by atoms with Crippen LogP contribution in [0.25, 0.3) is 11.0 Å². The summed E-state index contributed by atoms with van der Waals surface area (Å²) in [4.78, 5) is 28.7. The van der Waals surface area contributed by atoms with Crippen molar-refractivity contribution in [1.82, 2.24) is 9.55 Å². The molecule has 3 N–H and O–H groups in total. The number of carbonyl (C=O) groups excluding carboxylic acids is 1. The summed E-state index contributed by atoms with van der Waals surface area (Å²) < 4.78 is 2.14. The average Bonchev–Trinajstić information content (AvgIpc) is 3.78. The van der Waals surface area contributed by atoms with Crippen molar-refractivity contribution in [2.75, 3.05) is 0 Å². The standard InChI is InChI=1S/C31H44N2O5/c1-18(28(37)19(2)29(38)30(4,5)26(34)16-27(35)36)8-7-9-21-14-22(21)17-31(12-13-31)23-10-11-25-24(15-23)32-20(3)33(25)6/h10-11,14-15,18-19,21,26,28,34,37H,7-9,12-13,16-17H2,1-6H3,(H,35,36)/t18-,19+,21+,26?,28-/m0/s1. The molecule has 7 nitrogen and oxygen atoms in total. The highest BCUT2D eigenvalue weighted by atomic mass is 16.4. The highest BCUT2D eigenvalue weighted by molar-refractivity contribution is 5.87. The molecule has 7 heteroatoms. The molecular formula is C31H44N2O5. The van der Waals surface area contributed by atoms with Gasteiger partial charge in [0, 0.05) is 13.0 Å². The minimum atomic E-state index is -1.29. The Bertz CT molecular complexity index is 1240. The fourth-order valence-corrected chi connectivity index (χ4v) is 6.08. The molecule has 0 amide bonds. The SMILES string of the molecule is Cc1nc2cc(C3(CC4=C[C@H]4CCC[C@H](C)[C@H](O)[C@@H](C)C(=O)C(C)(C)C(O)CC(=O)O)CC3)ccc2n1C. The number of allylic oxidation sites excluding steroid dienone is 2. The number of carboxylic acid groups (broad SMARTS) is 1. The Morgan fingerprint density at radius 2 is 1.89 bits per heavy atom. The van der Waals surface area contributed by atoms with Crippen molar-refractivity contribution in [3.05, 3.63) is 41.2 Å². The van der Waals surface area contributed by atoms with Crippen molar-refractivity contribution in [1.29, 1.82) is 0 Å². The molecule has 1 aromatic carbocycles. The Hall–Kier alpha value is -2.51. The summed E-state index contributed by atoms with van der Waals surface area (Å²) in [6.07, 6.45) is 6.19. The van der Waals surface area contributed by atoms with Crippen molar-refractivity contribution in [3.63, 3.8) is 0 Å². The molecule has 1 unspecified atom stereocenters. The quantitative estimate of drug-likeness (QED) is 0.297. The predicted molar refractivity (Wildman–Crippen MR) is 148 cm³/mol. The first kappa shape index (κ1) is 28.5. The molecular weight excluding hydrogens is 480 g/mol. The van der Waals surface area contributed by atoms with Gasteiger partial charge in [-0.25, -0.2) is 4.98 Å². The van der Waals surface area contributed by atoms with Crippen molar-refractivity contribution in [3.8, 4) is 0 Å². The van der Waals surface area contributed by atoms with Gasteiger partial charge in [0.1, 0.15) is 11.6 Å². The molecule has 2 aliphatic rings. The van der Waals surface area contributed by atoms with E-state index in [1.165, 1.54) is 23.9 Å². The Morgan fingerprint density at radius 1 is 1.21 bits per heavy atom. The van der Waals surface area contributed by atoms with Gasteiger partial charge in [0.2, 0.25) is 0 Å². The summed E-state index contributed by atoms with van der Waals surface area (Å²) in [5.74, 6) is -0.609. The number of carbonyl (C=O) groups is 2. The number of fused-ring (bicyclic) bond motifs is 1. The highest BCUT2D eigenvalue weighted by Gasteiger charge is 2.47. The normalized spacial score (nSPS) is 21.5. The van der Waals surface area contributed by atoms with Crippen LogP contribution in [0.4, 0.5) is 0 Å². The maximum absolute atomic E-state index is 13.0. The molecule has 5 atom stereocenters. The van der Waals surface area contributed by atoms with Crippen LogP contribution in [0.1, 0.15) is 84.0 Å². The smallest absolute Gasteiger partial charge is 0.306 e. The molecule has 208 valence electrons. The molecule has 4 rings (SSSR count). The zero-order valence-electron chi connectivity index (χ0n) is 23.7. The van der Waals surface area contributed by atoms with Gasteiger partial charge in [0.05, 0.1) is 35.1 Å². The summed E-state index contributed by atoms with van der Waals surface area (Å²) in [5, 5.41) is 30.1. The van der Waals surface area contributed by atoms with Gasteiger partial charge in [0.15, 0.2) is 0 Å². The molecule has 1 heterocycles. The summed E-state index contributed by atoms with van der Waals surface area (Å²) in [6.45, 7) is 8.79. The van der Waals surface area contributed by atoms with Gasteiger partial charge in [-0.2, -0.15) is 0 Å². The minimum absolute atomic E-state index is 0.0631. The fraction of sp³-hybridized carbons (Fsp3) is 0.645. The number of rotatable bonds is 14. The van der Waals surface area contributed by atoms with E-state index in [0.717, 1.165) is 37.0 Å². The lowest BCUT2D eigenvalue weighted by Crippen LogP contribution is -2.45. The first-order valence-electron chi connectivity index (χ1n) is 14.0. The Kier molecular flexibility index (Phi) is 7.93. The van der Waals surface area contributed by atoms with Crippen LogP contribution in [-0.2, 0) is 22.1 Å². The summed E-state index contributed by atoms with van der Waals surface area (Å²) >= 11 is 0. The largest absolute Gasteiger partial charge is 0.481 e. The first-order chi connectivity index (χ1) is 17.8. The van der Waals surface area contributed by atoms with Crippen LogP contribution in [0.15, 0.2) is 29.8 Å². The van der Waals surface area contributed by atoms with E-state index in [2.05, 4.69) is 35.9 Å². The molecule has 0 radical (unpaired) electrons. The maximum atomic E-state index is 13.0. The second-order valence-electron chi connectivity index (χ2n) is 12.6. The molecule has 1 aromatic heterocycles. The lowest BCUT2D eigenvalue weighted by atomic mass is 9.73. The van der Waals surface area contributed by atoms with Gasteiger partial charge in [-0.1, -0.05) is 51.8 Å². The molecule has 2 aliphatic carbocycles. The highest BCUT2D eigenvalue weighted by Crippen LogP contribution is 2.56. The Labute approximate surface area is 226 Å². The summed E-state index contributed by atoms with van der Waals surface area (Å²) in [6, 6.07) is 6.76. The molecule has 2 aromatic rings. The van der Waals surface area contributed by atoms with E-state index in [9.17, 15) is 19.8 Å². The van der Waals surface area contributed by atoms with E-state index in [1.54, 1.807) is 26.3 Å². The number of hydrogen-bond donors (Lipinski definition) is 3. The number of aliphatic hydroxyl groups excluding tert-OH is 2. The van der Waals surface area contributed by atoms with E-state index < -0.39 is 35.9 Å². The van der Waals surface area contributed by atoms with E-state index in [4.69, 9.17) is 10.1 Å². The van der Waals surface area contributed by atoms with Crippen LogP contribution in [0.2, 0.25) is 0 Å². The second-order valence-corrected chi connectivity index (χ2v) is 12.6. The van der Waals surface area contributed by atoms with Gasteiger partial charge in [0.25, 0.3) is 0 Å². The van der Waals surface area contributed by atoms with Crippen molar-refractivity contribution < 1.29 is 24.9 Å². The van der Waals surface area contributed by atoms with E-state index in [-0.39, 0.29) is 17.1 Å². The number of aliphatic carboxylic acids is 1. The van der Waals surface area contributed by atoms with Gasteiger partial charge >= 0.3 is 5.97 Å². The van der Waals surface area contributed by atoms with Crippen LogP contribution >= 0.6 is 0 Å². The van der Waals surface area contributed by atoms with Gasteiger partial charge in [-0.3, -0.25) is 9.59 Å². The fourth-order valence-electron chi connectivity index (χ4n) is 6.08. The number of hydrogen-bond acceptors (Lipinski definition) is 5. The van der Waals surface area contributed by atoms with E-state index in [1.807, 2.05) is 13.8 Å². The minimum Gasteiger partial charge on any atom is -0.481 e. The summed E-state index contributed by atoms with van der Waals surface area (Å²) in [5.41, 5.74) is 4.24. The third kappa shape index (κ3) is 5.74. The molecule has 0 bridgehead atoms. The molecule has 1 fully saturated rings. The van der Waals surface area contributed by atoms with Gasteiger partial charge in [-0.15, -0.1) is 0 Å². The number of aryl methyl sites for hydroxylation is 2. The number of nitrogens with zero attached hydrogens (tertiary/aromatic N) is 2. The lowest BCUT2D eigenvalue weighted by Gasteiger charge is -2.34. The monoisotopic (exact) mass is 524 g/mol. The van der Waals surface area contributed by atoms with Crippen LogP contribution in [0.5, 0.6) is 0 Å². The number of imidazole rings is 1. The van der Waals surface area contributed by atoms with Crippen LogP contribution in [0.3, 0.4) is 0 Å². The Balaban J connectivity index is 1.23. The molecule has 1 saturated carbocycles. The number of ketones is 1. The zero-order chi connectivity index (χ0) is 28.0. The maximum Gasteiger partial charge on any atom is 0.306 e. The van der Waals surface area contributed by atoms with Gasteiger partial charge in [-0.05, 0) is 74.0 Å². The number of Topliss-reactive ketones (excluding diaryl/α,β-unsaturated/α-hetero) is 1. The van der Waals surface area contributed by atoms with Gasteiger partial charge < -0.3 is 19.9 Å². The second kappa shape index (κ2) is 10.6. The van der Waals surface area contributed by atoms with Crippen molar-refractivity contribution in [2.24, 2.45) is 30.2 Å². The third-order valence-electron chi connectivity index (χ3n) is 9.41. The zero-order valence-corrected chi connectivity index (χ0v) is 23.7. The van der Waals surface area contributed by atoms with Crippen molar-refractivity contribution >= 4 is 22.8 Å². The number of aromatic nitrogens is 2. The third-order valence-corrected chi connectivity index (χ3v) is 9.41.